The van der Waals surface area contributed by atoms with E-state index >= 15 is 0 Å². The van der Waals surface area contributed by atoms with Crippen LogP contribution in [0, 0.1) is 0 Å². The molecule has 6 aromatic rings. The molecular formula is C18H6Cl2N4O2S2. The smallest absolute Gasteiger partial charge is 0.257 e. The summed E-state index contributed by atoms with van der Waals surface area (Å²) in [6, 6.07) is 10.6. The van der Waals surface area contributed by atoms with E-state index in [4.69, 9.17) is 32.0 Å². The third kappa shape index (κ3) is 2.61. The van der Waals surface area contributed by atoms with E-state index in [1.807, 2.05) is 0 Å². The Bertz CT molecular complexity index is 1370. The van der Waals surface area contributed by atoms with E-state index in [0.717, 1.165) is 9.66 Å². The lowest BCUT2D eigenvalue weighted by Crippen LogP contribution is -1.75. The van der Waals surface area contributed by atoms with Gasteiger partial charge in [0.05, 0.1) is 0 Å². The molecule has 2 aromatic carbocycles. The van der Waals surface area contributed by atoms with Crippen molar-refractivity contribution < 1.29 is 8.83 Å². The van der Waals surface area contributed by atoms with Crippen molar-refractivity contribution in [3.05, 3.63) is 46.4 Å². The predicted octanol–water partition coefficient (Wildman–Crippen LogP) is 6.68. The zero-order chi connectivity index (χ0) is 18.8. The SMILES string of the molecule is Clc1ccc2oc(-c3nc4sc(-c5nc6cc(Cl)ccc6o5)nc4s3)nc2c1. The van der Waals surface area contributed by atoms with Crippen LogP contribution in [0.1, 0.15) is 0 Å². The number of halogens is 2. The van der Waals surface area contributed by atoms with E-state index in [-0.39, 0.29) is 0 Å². The second-order valence-corrected chi connectivity index (χ2v) is 8.74. The minimum absolute atomic E-state index is 0.450. The highest BCUT2D eigenvalue weighted by Gasteiger charge is 2.19. The Labute approximate surface area is 174 Å². The first-order valence-electron chi connectivity index (χ1n) is 8.03. The van der Waals surface area contributed by atoms with Gasteiger partial charge in [-0.15, -0.1) is 0 Å². The number of oxazole rings is 2. The van der Waals surface area contributed by atoms with Gasteiger partial charge in [-0.3, -0.25) is 0 Å². The summed E-state index contributed by atoms with van der Waals surface area (Å²) in [4.78, 5) is 19.7. The number of fused-ring (bicyclic) bond motifs is 3. The van der Waals surface area contributed by atoms with Crippen LogP contribution in [0.3, 0.4) is 0 Å². The lowest BCUT2D eigenvalue weighted by molar-refractivity contribution is 0.619. The molecule has 0 saturated carbocycles. The van der Waals surface area contributed by atoms with Crippen LogP contribution in [0.15, 0.2) is 45.2 Å². The van der Waals surface area contributed by atoms with Gasteiger partial charge in [0.1, 0.15) is 11.0 Å². The summed E-state index contributed by atoms with van der Waals surface area (Å²) in [6.45, 7) is 0. The molecular weight excluding hydrogens is 439 g/mol. The molecule has 28 heavy (non-hydrogen) atoms. The minimum atomic E-state index is 0.450. The Morgan fingerprint density at radius 3 is 1.57 bits per heavy atom. The predicted molar refractivity (Wildman–Crippen MR) is 111 cm³/mol. The molecule has 0 amide bonds. The van der Waals surface area contributed by atoms with Crippen LogP contribution < -0.4 is 0 Å². The molecule has 136 valence electrons. The molecule has 0 unspecified atom stereocenters. The lowest BCUT2D eigenvalue weighted by atomic mass is 10.3. The number of benzene rings is 2. The maximum Gasteiger partial charge on any atom is 0.257 e. The molecule has 0 N–H and O–H groups in total. The summed E-state index contributed by atoms with van der Waals surface area (Å²) < 4.78 is 11.6. The molecule has 4 heterocycles. The number of rotatable bonds is 2. The Kier molecular flexibility index (Phi) is 3.51. The number of hydrogen-bond acceptors (Lipinski definition) is 8. The summed E-state index contributed by atoms with van der Waals surface area (Å²) in [5, 5.41) is 2.55. The van der Waals surface area contributed by atoms with E-state index in [2.05, 4.69) is 19.9 Å². The molecule has 0 fully saturated rings. The van der Waals surface area contributed by atoms with E-state index in [0.29, 0.717) is 54.0 Å². The van der Waals surface area contributed by atoms with Crippen molar-refractivity contribution in [2.24, 2.45) is 0 Å². The Morgan fingerprint density at radius 2 is 1.11 bits per heavy atom. The monoisotopic (exact) mass is 444 g/mol. The van der Waals surface area contributed by atoms with Crippen molar-refractivity contribution in [2.45, 2.75) is 0 Å². The standard InChI is InChI=1S/C18H6Cl2N4O2S2/c19-7-1-3-11-9(5-7)21-13(25-11)15-23-17-18(27-15)24-16(28-17)14-22-10-6-8(20)2-4-12(10)26-14/h1-6H. The van der Waals surface area contributed by atoms with Gasteiger partial charge in [-0.2, -0.15) is 0 Å². The molecule has 10 heteroatoms. The first-order valence-corrected chi connectivity index (χ1v) is 10.4. The number of aromatic nitrogens is 4. The van der Waals surface area contributed by atoms with Crippen LogP contribution in [0.4, 0.5) is 0 Å². The van der Waals surface area contributed by atoms with E-state index in [1.54, 1.807) is 36.4 Å². The van der Waals surface area contributed by atoms with Crippen LogP contribution >= 0.6 is 45.9 Å². The summed E-state index contributed by atoms with van der Waals surface area (Å²) in [7, 11) is 0. The average molecular weight is 445 g/mol. The summed E-state index contributed by atoms with van der Waals surface area (Å²) >= 11 is 14.8. The van der Waals surface area contributed by atoms with Gasteiger partial charge in [-0.05, 0) is 36.4 Å². The van der Waals surface area contributed by atoms with Crippen LogP contribution in [0.25, 0.3) is 53.7 Å². The fourth-order valence-corrected chi connectivity index (χ4v) is 5.04. The first kappa shape index (κ1) is 16.4. The number of hydrogen-bond donors (Lipinski definition) is 0. The van der Waals surface area contributed by atoms with Gasteiger partial charge in [0.25, 0.3) is 11.8 Å². The van der Waals surface area contributed by atoms with Gasteiger partial charge in [0, 0.05) is 10.0 Å². The molecule has 0 spiro atoms. The maximum absolute atomic E-state index is 6.01. The summed E-state index contributed by atoms with van der Waals surface area (Å²) in [5.41, 5.74) is 2.72. The van der Waals surface area contributed by atoms with Crippen molar-refractivity contribution in [3.8, 4) is 21.8 Å². The molecule has 0 aliphatic rings. The van der Waals surface area contributed by atoms with E-state index in [9.17, 15) is 0 Å². The Hall–Kier alpha value is -2.52. The van der Waals surface area contributed by atoms with Gasteiger partial charge < -0.3 is 8.83 Å². The molecule has 6 rings (SSSR count). The minimum Gasteiger partial charge on any atom is -0.434 e. The highest BCUT2D eigenvalue weighted by atomic mass is 35.5. The number of thiazole rings is 2. The molecule has 0 bridgehead atoms. The fraction of sp³-hybridized carbons (Fsp3) is 0. The molecule has 0 aliphatic carbocycles. The third-order valence-corrected chi connectivity index (χ3v) is 6.51. The normalized spacial score (nSPS) is 11.9. The third-order valence-electron chi connectivity index (χ3n) is 4.04. The molecule has 0 atom stereocenters. The van der Waals surface area contributed by atoms with Gasteiger partial charge in [0.15, 0.2) is 30.8 Å². The van der Waals surface area contributed by atoms with Crippen molar-refractivity contribution >= 4 is 77.7 Å². The van der Waals surface area contributed by atoms with Crippen LogP contribution in [0.5, 0.6) is 0 Å². The maximum atomic E-state index is 6.01. The van der Waals surface area contributed by atoms with Crippen LogP contribution in [-0.4, -0.2) is 19.9 Å². The summed E-state index contributed by atoms with van der Waals surface area (Å²) in [5.74, 6) is 0.899. The molecule has 0 aliphatic heterocycles. The highest BCUT2D eigenvalue weighted by Crippen LogP contribution is 2.38. The fourth-order valence-electron chi connectivity index (χ4n) is 2.81. The first-order chi connectivity index (χ1) is 13.6. The van der Waals surface area contributed by atoms with Gasteiger partial charge in [0.2, 0.25) is 0 Å². The van der Waals surface area contributed by atoms with Crippen LogP contribution in [0.2, 0.25) is 10.0 Å². The zero-order valence-corrected chi connectivity index (χ0v) is 16.8. The topological polar surface area (TPSA) is 77.8 Å². The molecule has 6 nitrogen and oxygen atoms in total. The van der Waals surface area contributed by atoms with Crippen molar-refractivity contribution in [3.63, 3.8) is 0 Å². The average Bonchev–Trinajstić information content (AvgIpc) is 3.40. The molecule has 0 saturated heterocycles. The van der Waals surface area contributed by atoms with Gasteiger partial charge >= 0.3 is 0 Å². The van der Waals surface area contributed by atoms with Crippen molar-refractivity contribution in [1.29, 1.82) is 0 Å². The van der Waals surface area contributed by atoms with E-state index < -0.39 is 0 Å². The highest BCUT2D eigenvalue weighted by molar-refractivity contribution is 7.29. The molecule has 4 aromatic heterocycles. The lowest BCUT2D eigenvalue weighted by Gasteiger charge is -1.86. The van der Waals surface area contributed by atoms with Crippen LogP contribution in [-0.2, 0) is 0 Å². The summed E-state index contributed by atoms with van der Waals surface area (Å²) in [6.07, 6.45) is 0. The molecule has 0 radical (unpaired) electrons. The quantitative estimate of drug-likeness (QED) is 0.296. The number of nitrogens with zero attached hydrogens (tertiary/aromatic N) is 4. The second-order valence-electron chi connectivity index (χ2n) is 5.91. The zero-order valence-electron chi connectivity index (χ0n) is 13.6. The van der Waals surface area contributed by atoms with Crippen molar-refractivity contribution in [2.75, 3.05) is 0 Å². The second kappa shape index (κ2) is 5.99. The van der Waals surface area contributed by atoms with Gasteiger partial charge in [-0.1, -0.05) is 45.9 Å². The van der Waals surface area contributed by atoms with Crippen molar-refractivity contribution in [1.82, 2.24) is 19.9 Å². The largest absolute Gasteiger partial charge is 0.434 e. The van der Waals surface area contributed by atoms with Gasteiger partial charge in [-0.25, -0.2) is 19.9 Å². The Balaban J connectivity index is 1.41. The van der Waals surface area contributed by atoms with E-state index in [1.165, 1.54) is 22.7 Å². The Morgan fingerprint density at radius 1 is 0.643 bits per heavy atom.